The molecule has 0 aliphatic heterocycles. The van der Waals surface area contributed by atoms with Gasteiger partial charge in [0.05, 0.1) is 12.9 Å². The van der Waals surface area contributed by atoms with Crippen LogP contribution in [0.4, 0.5) is 14.5 Å². The smallest absolute Gasteiger partial charge is 0.387 e. The second-order valence-electron chi connectivity index (χ2n) is 5.84. The maximum Gasteiger partial charge on any atom is 0.387 e. The molecule has 29 heavy (non-hydrogen) atoms. The number of alkyl halides is 2. The molecule has 10 heteroatoms. The van der Waals surface area contributed by atoms with Gasteiger partial charge in [-0.15, -0.1) is 10.2 Å². The van der Waals surface area contributed by atoms with E-state index in [1.807, 2.05) is 0 Å². The first-order valence-corrected chi connectivity index (χ1v) is 9.46. The zero-order valence-electron chi connectivity index (χ0n) is 15.6. The van der Waals surface area contributed by atoms with E-state index in [9.17, 15) is 13.6 Å². The molecule has 1 N–H and O–H groups in total. The highest BCUT2D eigenvalue weighted by Gasteiger charge is 2.14. The highest BCUT2D eigenvalue weighted by molar-refractivity contribution is 7.99. The fourth-order valence-corrected chi connectivity index (χ4v) is 3.22. The summed E-state index contributed by atoms with van der Waals surface area (Å²) >= 11 is 1.23. The normalized spacial score (nSPS) is 10.8. The minimum absolute atomic E-state index is 0.0646. The number of ether oxygens (including phenoxy) is 2. The lowest BCUT2D eigenvalue weighted by molar-refractivity contribution is -0.113. The average Bonchev–Trinajstić information content (AvgIpc) is 3.07. The van der Waals surface area contributed by atoms with Crippen molar-refractivity contribution in [2.24, 2.45) is 7.05 Å². The Morgan fingerprint density at radius 1 is 1.17 bits per heavy atom. The van der Waals surface area contributed by atoms with Crippen molar-refractivity contribution in [3.8, 4) is 22.9 Å². The topological polar surface area (TPSA) is 78.3 Å². The van der Waals surface area contributed by atoms with Gasteiger partial charge in [-0.2, -0.15) is 8.78 Å². The molecule has 0 aliphatic rings. The van der Waals surface area contributed by atoms with Gasteiger partial charge >= 0.3 is 6.61 Å². The lowest BCUT2D eigenvalue weighted by atomic mass is 10.2. The number of carbonyl (C=O) groups excluding carboxylic acids is 1. The molecule has 7 nitrogen and oxygen atoms in total. The summed E-state index contributed by atoms with van der Waals surface area (Å²) in [6.45, 7) is -2.87. The van der Waals surface area contributed by atoms with Crippen LogP contribution >= 0.6 is 11.8 Å². The molecule has 0 radical (unpaired) electrons. The largest absolute Gasteiger partial charge is 0.497 e. The number of thioether (sulfide) groups is 1. The van der Waals surface area contributed by atoms with E-state index in [4.69, 9.17) is 4.74 Å². The Morgan fingerprint density at radius 3 is 2.62 bits per heavy atom. The van der Waals surface area contributed by atoms with E-state index < -0.39 is 6.61 Å². The van der Waals surface area contributed by atoms with Crippen LogP contribution in [0.5, 0.6) is 11.5 Å². The van der Waals surface area contributed by atoms with Crippen LogP contribution in [0.25, 0.3) is 11.4 Å². The number of anilines is 1. The summed E-state index contributed by atoms with van der Waals surface area (Å²) in [5.74, 6) is 1.21. The molecule has 0 saturated carbocycles. The van der Waals surface area contributed by atoms with E-state index in [1.165, 1.54) is 23.9 Å². The number of nitrogens with one attached hydrogen (secondary N) is 1. The zero-order valence-corrected chi connectivity index (χ0v) is 16.5. The Balaban J connectivity index is 1.61. The highest BCUT2D eigenvalue weighted by Crippen LogP contribution is 2.25. The lowest BCUT2D eigenvalue weighted by Gasteiger charge is -2.07. The summed E-state index contributed by atoms with van der Waals surface area (Å²) in [7, 11) is 3.32. The summed E-state index contributed by atoms with van der Waals surface area (Å²) in [6, 6.07) is 13.2. The van der Waals surface area contributed by atoms with Gasteiger partial charge in [0.15, 0.2) is 11.0 Å². The first-order chi connectivity index (χ1) is 14.0. The van der Waals surface area contributed by atoms with Gasteiger partial charge in [0.1, 0.15) is 11.5 Å². The van der Waals surface area contributed by atoms with Gasteiger partial charge < -0.3 is 19.4 Å². The number of hydrogen-bond donors (Lipinski definition) is 1. The van der Waals surface area contributed by atoms with E-state index in [2.05, 4.69) is 20.3 Å². The molecule has 2 aromatic carbocycles. The maximum absolute atomic E-state index is 12.2. The second-order valence-corrected chi connectivity index (χ2v) is 6.78. The van der Waals surface area contributed by atoms with Crippen molar-refractivity contribution in [1.82, 2.24) is 14.8 Å². The molecule has 0 fully saturated rings. The van der Waals surface area contributed by atoms with Gasteiger partial charge in [-0.1, -0.05) is 17.8 Å². The predicted octanol–water partition coefficient (Wildman–Crippen LogP) is 3.82. The molecule has 0 atom stereocenters. The molecule has 0 saturated heterocycles. The van der Waals surface area contributed by atoms with Crippen molar-refractivity contribution in [2.75, 3.05) is 18.2 Å². The number of methoxy groups -OCH3 is 1. The van der Waals surface area contributed by atoms with Gasteiger partial charge in [-0.25, -0.2) is 0 Å². The fourth-order valence-electron chi connectivity index (χ4n) is 2.51. The van der Waals surface area contributed by atoms with Crippen molar-refractivity contribution in [3.05, 3.63) is 48.5 Å². The highest BCUT2D eigenvalue weighted by atomic mass is 32.2. The van der Waals surface area contributed by atoms with Crippen LogP contribution in [0.3, 0.4) is 0 Å². The van der Waals surface area contributed by atoms with Crippen LogP contribution in [-0.4, -0.2) is 40.1 Å². The van der Waals surface area contributed by atoms with Crippen molar-refractivity contribution in [1.29, 1.82) is 0 Å². The number of aromatic nitrogens is 3. The average molecular weight is 420 g/mol. The summed E-state index contributed by atoms with van der Waals surface area (Å²) in [4.78, 5) is 12.2. The standard InChI is InChI=1S/C19H18F2N4O3S/c1-25-17(12-6-8-14(9-7-12)28-18(20)21)23-24-19(25)29-11-16(26)22-13-4-3-5-15(10-13)27-2/h3-10,18H,11H2,1-2H3,(H,22,26). The summed E-state index contributed by atoms with van der Waals surface area (Å²) < 4.78 is 35.7. The van der Waals surface area contributed by atoms with Gasteiger partial charge in [0, 0.05) is 24.4 Å². The number of nitrogens with zero attached hydrogens (tertiary/aromatic N) is 3. The van der Waals surface area contributed by atoms with Gasteiger partial charge in [0.2, 0.25) is 5.91 Å². The molecule has 0 spiro atoms. The van der Waals surface area contributed by atoms with E-state index in [-0.39, 0.29) is 17.4 Å². The third kappa shape index (κ3) is 5.44. The minimum Gasteiger partial charge on any atom is -0.497 e. The Labute approximate surface area is 170 Å². The Morgan fingerprint density at radius 2 is 1.93 bits per heavy atom. The minimum atomic E-state index is -2.87. The SMILES string of the molecule is COc1cccc(NC(=O)CSc2nnc(-c3ccc(OC(F)F)cc3)n2C)c1. The summed E-state index contributed by atoms with van der Waals surface area (Å²) in [5.41, 5.74) is 1.33. The van der Waals surface area contributed by atoms with Crippen LogP contribution in [0.2, 0.25) is 0 Å². The molecule has 0 unspecified atom stereocenters. The molecule has 0 bridgehead atoms. The summed E-state index contributed by atoms with van der Waals surface area (Å²) in [5, 5.41) is 11.6. The van der Waals surface area contributed by atoms with Gasteiger partial charge in [0.25, 0.3) is 0 Å². The molecular formula is C19H18F2N4O3S. The zero-order chi connectivity index (χ0) is 20.8. The second kappa shape index (κ2) is 9.37. The Bertz CT molecular complexity index is 980. The van der Waals surface area contributed by atoms with Gasteiger partial charge in [-0.3, -0.25) is 4.79 Å². The number of amides is 1. The van der Waals surface area contributed by atoms with Crippen molar-refractivity contribution < 1.29 is 23.0 Å². The molecular weight excluding hydrogens is 402 g/mol. The molecule has 1 aromatic heterocycles. The molecule has 1 amide bonds. The lowest BCUT2D eigenvalue weighted by Crippen LogP contribution is -2.14. The van der Waals surface area contributed by atoms with Gasteiger partial charge in [-0.05, 0) is 36.4 Å². The maximum atomic E-state index is 12.2. The predicted molar refractivity (Wildman–Crippen MR) is 105 cm³/mol. The van der Waals surface area contributed by atoms with Crippen molar-refractivity contribution in [2.45, 2.75) is 11.8 Å². The molecule has 3 aromatic rings. The Kier molecular flexibility index (Phi) is 6.65. The third-order valence-corrected chi connectivity index (χ3v) is 4.88. The third-order valence-electron chi connectivity index (χ3n) is 3.86. The van der Waals surface area contributed by atoms with E-state index >= 15 is 0 Å². The van der Waals surface area contributed by atoms with Crippen LogP contribution in [-0.2, 0) is 11.8 Å². The van der Waals surface area contributed by atoms with Crippen LogP contribution in [0.15, 0.2) is 53.7 Å². The fraction of sp³-hybridized carbons (Fsp3) is 0.211. The van der Waals surface area contributed by atoms with E-state index in [0.29, 0.717) is 28.0 Å². The van der Waals surface area contributed by atoms with E-state index in [1.54, 1.807) is 55.1 Å². The van der Waals surface area contributed by atoms with Crippen LogP contribution < -0.4 is 14.8 Å². The number of benzene rings is 2. The number of carbonyl (C=O) groups is 1. The molecule has 0 aliphatic carbocycles. The monoisotopic (exact) mass is 420 g/mol. The quantitative estimate of drug-likeness (QED) is 0.558. The number of rotatable bonds is 8. The molecule has 1 heterocycles. The van der Waals surface area contributed by atoms with E-state index in [0.717, 1.165) is 0 Å². The first-order valence-electron chi connectivity index (χ1n) is 8.47. The number of hydrogen-bond acceptors (Lipinski definition) is 6. The molecule has 152 valence electrons. The van der Waals surface area contributed by atoms with Crippen LogP contribution in [0.1, 0.15) is 0 Å². The van der Waals surface area contributed by atoms with Crippen LogP contribution in [0, 0.1) is 0 Å². The Hall–Kier alpha value is -3.14. The van der Waals surface area contributed by atoms with Crippen molar-refractivity contribution >= 4 is 23.4 Å². The molecule has 3 rings (SSSR count). The first kappa shape index (κ1) is 20.6. The number of halogens is 2. The summed E-state index contributed by atoms with van der Waals surface area (Å²) in [6.07, 6.45) is 0. The van der Waals surface area contributed by atoms with Crippen molar-refractivity contribution in [3.63, 3.8) is 0 Å².